The van der Waals surface area contributed by atoms with Crippen LogP contribution in [0.5, 0.6) is 0 Å². The van der Waals surface area contributed by atoms with E-state index in [2.05, 4.69) is 41.8 Å². The molecule has 0 bridgehead atoms. The zero-order valence-corrected chi connectivity index (χ0v) is 13.0. The highest BCUT2D eigenvalue weighted by molar-refractivity contribution is 7.09. The fourth-order valence-corrected chi connectivity index (χ4v) is 3.28. The molecule has 0 aliphatic heterocycles. The molecule has 0 saturated heterocycles. The van der Waals surface area contributed by atoms with Crippen LogP contribution >= 0.6 is 22.9 Å². The molecule has 0 fully saturated rings. The summed E-state index contributed by atoms with van der Waals surface area (Å²) in [5.74, 6) is 0. The number of hydrogen-bond acceptors (Lipinski definition) is 3. The molecule has 0 spiro atoms. The van der Waals surface area contributed by atoms with Gasteiger partial charge in [-0.05, 0) is 24.4 Å². The van der Waals surface area contributed by atoms with Crippen LogP contribution in [-0.4, -0.2) is 16.3 Å². The molecule has 2 rings (SSSR count). The van der Waals surface area contributed by atoms with E-state index < -0.39 is 0 Å². The fraction of sp³-hybridized carbons (Fsp3) is 0.500. The maximum Gasteiger partial charge on any atom is 0.0834 e. The molecular weight excluding hydrogens is 278 g/mol. The topological polar surface area (TPSA) is 29.9 Å². The van der Waals surface area contributed by atoms with E-state index in [1.54, 1.807) is 17.5 Å². The maximum absolute atomic E-state index is 6.33. The summed E-state index contributed by atoms with van der Waals surface area (Å²) in [7, 11) is 0. The van der Waals surface area contributed by atoms with Gasteiger partial charge in [0, 0.05) is 17.8 Å². The lowest BCUT2D eigenvalue weighted by Gasteiger charge is -2.19. The molecule has 2 heterocycles. The number of aromatic nitrogens is 2. The quantitative estimate of drug-likeness (QED) is 0.840. The van der Waals surface area contributed by atoms with Crippen molar-refractivity contribution >= 4 is 22.9 Å². The molecule has 1 atom stereocenters. The number of rotatable bonds is 7. The lowest BCUT2D eigenvalue weighted by atomic mass is 10.1. The van der Waals surface area contributed by atoms with Crippen molar-refractivity contribution in [2.75, 3.05) is 6.54 Å². The average molecular weight is 298 g/mol. The van der Waals surface area contributed by atoms with Crippen LogP contribution < -0.4 is 5.32 Å². The Morgan fingerprint density at radius 1 is 1.47 bits per heavy atom. The maximum atomic E-state index is 6.33. The van der Waals surface area contributed by atoms with Gasteiger partial charge in [0.1, 0.15) is 0 Å². The SMILES string of the molecule is CCCn1ncc(Cl)c1C(Cc1cccs1)NCC. The van der Waals surface area contributed by atoms with Crippen molar-refractivity contribution in [2.45, 2.75) is 39.3 Å². The van der Waals surface area contributed by atoms with Crippen LogP contribution in [0.15, 0.2) is 23.7 Å². The standard InChI is InChI=1S/C14H20ClN3S/c1-3-7-18-14(12(15)10-17-18)13(16-4-2)9-11-6-5-8-19-11/h5-6,8,10,13,16H,3-4,7,9H2,1-2H3. The summed E-state index contributed by atoms with van der Waals surface area (Å²) < 4.78 is 2.03. The molecule has 0 aliphatic rings. The summed E-state index contributed by atoms with van der Waals surface area (Å²) in [5.41, 5.74) is 1.11. The molecule has 3 nitrogen and oxygen atoms in total. The molecule has 1 N–H and O–H groups in total. The number of halogens is 1. The third-order valence-corrected chi connectivity index (χ3v) is 4.22. The summed E-state index contributed by atoms with van der Waals surface area (Å²) >= 11 is 8.12. The van der Waals surface area contributed by atoms with Crippen LogP contribution in [0.3, 0.4) is 0 Å². The van der Waals surface area contributed by atoms with Crippen LogP contribution in [0.4, 0.5) is 0 Å². The molecule has 2 aromatic rings. The number of nitrogens with one attached hydrogen (secondary N) is 1. The Balaban J connectivity index is 2.24. The lowest BCUT2D eigenvalue weighted by Crippen LogP contribution is -2.26. The summed E-state index contributed by atoms with van der Waals surface area (Å²) in [4.78, 5) is 1.37. The van der Waals surface area contributed by atoms with Crippen molar-refractivity contribution in [3.63, 3.8) is 0 Å². The van der Waals surface area contributed by atoms with Crippen molar-refractivity contribution in [1.29, 1.82) is 0 Å². The smallest absolute Gasteiger partial charge is 0.0834 e. The van der Waals surface area contributed by atoms with E-state index in [9.17, 15) is 0 Å². The van der Waals surface area contributed by atoms with Gasteiger partial charge in [-0.2, -0.15) is 5.10 Å². The van der Waals surface area contributed by atoms with Gasteiger partial charge in [0.25, 0.3) is 0 Å². The van der Waals surface area contributed by atoms with Gasteiger partial charge in [-0.3, -0.25) is 4.68 Å². The third kappa shape index (κ3) is 3.59. The van der Waals surface area contributed by atoms with Crippen molar-refractivity contribution in [1.82, 2.24) is 15.1 Å². The van der Waals surface area contributed by atoms with Crippen LogP contribution in [0, 0.1) is 0 Å². The van der Waals surface area contributed by atoms with Gasteiger partial charge in [-0.25, -0.2) is 0 Å². The van der Waals surface area contributed by atoms with E-state index in [1.807, 2.05) is 4.68 Å². The second-order valence-corrected chi connectivity index (χ2v) is 5.93. The van der Waals surface area contributed by atoms with E-state index >= 15 is 0 Å². The summed E-state index contributed by atoms with van der Waals surface area (Å²) in [6.45, 7) is 6.11. The second-order valence-electron chi connectivity index (χ2n) is 4.49. The van der Waals surface area contributed by atoms with E-state index in [4.69, 9.17) is 11.6 Å². The molecule has 5 heteroatoms. The number of likely N-dealkylation sites (N-methyl/N-ethyl adjacent to an activating group) is 1. The molecular formula is C14H20ClN3S. The molecule has 1 unspecified atom stereocenters. The third-order valence-electron chi connectivity index (χ3n) is 3.03. The van der Waals surface area contributed by atoms with E-state index in [0.717, 1.165) is 36.6 Å². The second kappa shape index (κ2) is 7.08. The minimum atomic E-state index is 0.227. The fourth-order valence-electron chi connectivity index (χ4n) is 2.25. The molecule has 0 saturated carbocycles. The lowest BCUT2D eigenvalue weighted by molar-refractivity contribution is 0.480. The summed E-state index contributed by atoms with van der Waals surface area (Å²) in [5, 5.41) is 10.8. The average Bonchev–Trinajstić information content (AvgIpc) is 3.00. The van der Waals surface area contributed by atoms with E-state index in [0.29, 0.717) is 0 Å². The Morgan fingerprint density at radius 2 is 2.32 bits per heavy atom. The van der Waals surface area contributed by atoms with Gasteiger partial charge in [-0.15, -0.1) is 11.3 Å². The highest BCUT2D eigenvalue weighted by atomic mass is 35.5. The Bertz CT molecular complexity index is 493. The Kier molecular flexibility index (Phi) is 5.43. The van der Waals surface area contributed by atoms with Gasteiger partial charge in [0.05, 0.1) is 23.0 Å². The zero-order chi connectivity index (χ0) is 13.7. The molecule has 2 aromatic heterocycles. The number of hydrogen-bond donors (Lipinski definition) is 1. The van der Waals surface area contributed by atoms with Crippen LogP contribution in [-0.2, 0) is 13.0 Å². The van der Waals surface area contributed by atoms with Crippen molar-refractivity contribution in [2.24, 2.45) is 0 Å². The van der Waals surface area contributed by atoms with Crippen LogP contribution in [0.1, 0.15) is 36.9 Å². The first-order valence-corrected chi connectivity index (χ1v) is 7.99. The van der Waals surface area contributed by atoms with Crippen LogP contribution in [0.25, 0.3) is 0 Å². The zero-order valence-electron chi connectivity index (χ0n) is 11.4. The Labute approximate surface area is 123 Å². The highest BCUT2D eigenvalue weighted by Gasteiger charge is 2.20. The summed E-state index contributed by atoms with van der Waals surface area (Å²) in [6, 6.07) is 4.49. The molecule has 19 heavy (non-hydrogen) atoms. The molecule has 0 radical (unpaired) electrons. The Morgan fingerprint density at radius 3 is 2.95 bits per heavy atom. The van der Waals surface area contributed by atoms with Crippen molar-refractivity contribution in [3.8, 4) is 0 Å². The van der Waals surface area contributed by atoms with E-state index in [1.165, 1.54) is 4.88 Å². The van der Waals surface area contributed by atoms with Gasteiger partial charge in [0.2, 0.25) is 0 Å². The highest BCUT2D eigenvalue weighted by Crippen LogP contribution is 2.27. The van der Waals surface area contributed by atoms with Gasteiger partial charge in [-0.1, -0.05) is 31.5 Å². The number of thiophene rings is 1. The molecule has 0 aromatic carbocycles. The summed E-state index contributed by atoms with van der Waals surface area (Å²) in [6.07, 6.45) is 3.77. The first kappa shape index (κ1) is 14.6. The first-order valence-electron chi connectivity index (χ1n) is 6.73. The minimum Gasteiger partial charge on any atom is -0.309 e. The monoisotopic (exact) mass is 297 g/mol. The number of aryl methyl sites for hydroxylation is 1. The molecule has 104 valence electrons. The normalized spacial score (nSPS) is 12.8. The van der Waals surface area contributed by atoms with Crippen molar-refractivity contribution < 1.29 is 0 Å². The van der Waals surface area contributed by atoms with Gasteiger partial charge >= 0.3 is 0 Å². The first-order chi connectivity index (χ1) is 9.26. The Hall–Kier alpha value is -0.840. The predicted octanol–water partition coefficient (Wildman–Crippen LogP) is 3.90. The molecule has 0 amide bonds. The predicted molar refractivity (Wildman–Crippen MR) is 82.0 cm³/mol. The number of nitrogens with zero attached hydrogens (tertiary/aromatic N) is 2. The van der Waals surface area contributed by atoms with Gasteiger partial charge < -0.3 is 5.32 Å². The van der Waals surface area contributed by atoms with Gasteiger partial charge in [0.15, 0.2) is 0 Å². The molecule has 0 aliphatic carbocycles. The largest absolute Gasteiger partial charge is 0.309 e. The van der Waals surface area contributed by atoms with Crippen molar-refractivity contribution in [3.05, 3.63) is 39.3 Å². The van der Waals surface area contributed by atoms with E-state index in [-0.39, 0.29) is 6.04 Å². The minimum absolute atomic E-state index is 0.227. The van der Waals surface area contributed by atoms with Crippen LogP contribution in [0.2, 0.25) is 5.02 Å².